The molecular formula is C17H20ClN3O3S. The summed E-state index contributed by atoms with van der Waals surface area (Å²) in [5.74, 6) is -0.00528. The first kappa shape index (κ1) is 17.9. The standard InChI is InChI=1S/C17H20ClN3O3S/c1-4-5-10(22)20-13-11-8(2)12(18)16(24-3)21-17(11)25-14(13)15(23)19-9-6-7-9/h9H,4-7H2,1-3H3,(H,19,23)(H,20,22). The van der Waals surface area contributed by atoms with Crippen molar-refractivity contribution in [3.63, 3.8) is 0 Å². The molecule has 1 saturated carbocycles. The summed E-state index contributed by atoms with van der Waals surface area (Å²) in [4.78, 5) is 30.3. The number of rotatable bonds is 6. The third-order valence-electron chi connectivity index (χ3n) is 4.04. The van der Waals surface area contributed by atoms with Gasteiger partial charge in [0.2, 0.25) is 11.8 Å². The molecule has 2 aromatic rings. The Bertz CT molecular complexity index is 846. The molecule has 0 radical (unpaired) electrons. The van der Waals surface area contributed by atoms with E-state index in [1.54, 1.807) is 0 Å². The number of pyridine rings is 1. The molecule has 6 nitrogen and oxygen atoms in total. The minimum atomic E-state index is -0.188. The maximum Gasteiger partial charge on any atom is 0.263 e. The maximum atomic E-state index is 12.6. The first-order chi connectivity index (χ1) is 12.0. The Morgan fingerprint density at radius 3 is 2.72 bits per heavy atom. The fourth-order valence-electron chi connectivity index (χ4n) is 2.58. The summed E-state index contributed by atoms with van der Waals surface area (Å²) in [6.45, 7) is 3.76. The number of anilines is 1. The van der Waals surface area contributed by atoms with Crippen LogP contribution in [-0.2, 0) is 4.79 Å². The lowest BCUT2D eigenvalue weighted by Crippen LogP contribution is -2.25. The van der Waals surface area contributed by atoms with Gasteiger partial charge in [0.05, 0.1) is 12.8 Å². The highest BCUT2D eigenvalue weighted by atomic mass is 35.5. The van der Waals surface area contributed by atoms with Crippen LogP contribution in [0.4, 0.5) is 5.69 Å². The lowest BCUT2D eigenvalue weighted by molar-refractivity contribution is -0.116. The Morgan fingerprint density at radius 2 is 2.12 bits per heavy atom. The first-order valence-corrected chi connectivity index (χ1v) is 9.43. The average molecular weight is 382 g/mol. The molecule has 0 aliphatic heterocycles. The van der Waals surface area contributed by atoms with E-state index in [9.17, 15) is 9.59 Å². The number of carbonyl (C=O) groups is 2. The van der Waals surface area contributed by atoms with Crippen LogP contribution in [0.1, 0.15) is 47.8 Å². The van der Waals surface area contributed by atoms with Crippen molar-refractivity contribution in [3.05, 3.63) is 15.5 Å². The molecule has 25 heavy (non-hydrogen) atoms. The number of halogens is 1. The van der Waals surface area contributed by atoms with E-state index in [-0.39, 0.29) is 17.9 Å². The van der Waals surface area contributed by atoms with Crippen molar-refractivity contribution >= 4 is 50.7 Å². The van der Waals surface area contributed by atoms with E-state index in [0.29, 0.717) is 38.1 Å². The van der Waals surface area contributed by atoms with Crippen molar-refractivity contribution < 1.29 is 14.3 Å². The van der Waals surface area contributed by atoms with Gasteiger partial charge in [-0.15, -0.1) is 11.3 Å². The van der Waals surface area contributed by atoms with Crippen molar-refractivity contribution in [2.75, 3.05) is 12.4 Å². The van der Waals surface area contributed by atoms with Crippen LogP contribution in [0.5, 0.6) is 5.88 Å². The second-order valence-electron chi connectivity index (χ2n) is 6.09. The molecule has 2 heterocycles. The quantitative estimate of drug-likeness (QED) is 0.795. The summed E-state index contributed by atoms with van der Waals surface area (Å²) in [6.07, 6.45) is 3.09. The Hall–Kier alpha value is -1.86. The predicted molar refractivity (Wildman–Crippen MR) is 99.9 cm³/mol. The Balaban J connectivity index is 2.13. The van der Waals surface area contributed by atoms with E-state index in [2.05, 4.69) is 15.6 Å². The van der Waals surface area contributed by atoms with Gasteiger partial charge in [0.25, 0.3) is 5.91 Å². The Kier molecular flexibility index (Phi) is 5.15. The minimum absolute atomic E-state index is 0.131. The number of ether oxygens (including phenoxy) is 1. The Morgan fingerprint density at radius 1 is 1.40 bits per heavy atom. The number of methoxy groups -OCH3 is 1. The van der Waals surface area contributed by atoms with Crippen LogP contribution >= 0.6 is 22.9 Å². The van der Waals surface area contributed by atoms with Gasteiger partial charge in [-0.3, -0.25) is 9.59 Å². The molecule has 3 rings (SSSR count). The molecule has 1 aliphatic carbocycles. The van der Waals surface area contributed by atoms with Gasteiger partial charge in [-0.2, -0.15) is 0 Å². The lowest BCUT2D eigenvalue weighted by Gasteiger charge is -2.10. The number of amides is 2. The van der Waals surface area contributed by atoms with Gasteiger partial charge in [-0.05, 0) is 31.7 Å². The number of aryl methyl sites for hydroxylation is 1. The van der Waals surface area contributed by atoms with E-state index in [1.807, 2.05) is 13.8 Å². The monoisotopic (exact) mass is 381 g/mol. The van der Waals surface area contributed by atoms with E-state index >= 15 is 0 Å². The molecule has 0 aromatic carbocycles. The molecule has 0 atom stereocenters. The van der Waals surface area contributed by atoms with Crippen molar-refractivity contribution in [2.45, 2.75) is 45.6 Å². The van der Waals surface area contributed by atoms with Gasteiger partial charge in [0.15, 0.2) is 0 Å². The molecule has 2 aromatic heterocycles. The van der Waals surface area contributed by atoms with Crippen molar-refractivity contribution in [2.24, 2.45) is 0 Å². The van der Waals surface area contributed by atoms with Gasteiger partial charge in [0.1, 0.15) is 14.7 Å². The molecule has 0 spiro atoms. The molecule has 1 aliphatic rings. The van der Waals surface area contributed by atoms with Crippen LogP contribution in [0, 0.1) is 6.92 Å². The molecule has 134 valence electrons. The van der Waals surface area contributed by atoms with Crippen LogP contribution in [-0.4, -0.2) is 29.9 Å². The number of nitrogens with zero attached hydrogens (tertiary/aromatic N) is 1. The normalized spacial score (nSPS) is 13.8. The second kappa shape index (κ2) is 7.17. The largest absolute Gasteiger partial charge is 0.480 e. The highest BCUT2D eigenvalue weighted by molar-refractivity contribution is 7.21. The first-order valence-electron chi connectivity index (χ1n) is 8.23. The molecule has 0 unspecified atom stereocenters. The smallest absolute Gasteiger partial charge is 0.263 e. The number of fused-ring (bicyclic) bond motifs is 1. The zero-order valence-electron chi connectivity index (χ0n) is 14.4. The van der Waals surface area contributed by atoms with Crippen molar-refractivity contribution in [3.8, 4) is 5.88 Å². The number of carbonyl (C=O) groups excluding carboxylic acids is 2. The molecule has 2 amide bonds. The van der Waals surface area contributed by atoms with Crippen LogP contribution < -0.4 is 15.4 Å². The number of aromatic nitrogens is 1. The fraction of sp³-hybridized carbons (Fsp3) is 0.471. The van der Waals surface area contributed by atoms with Crippen LogP contribution in [0.25, 0.3) is 10.2 Å². The van der Waals surface area contributed by atoms with Gasteiger partial charge in [0, 0.05) is 17.8 Å². The molecule has 1 fully saturated rings. The van der Waals surface area contributed by atoms with E-state index in [0.717, 1.165) is 24.8 Å². The third kappa shape index (κ3) is 3.57. The molecule has 0 bridgehead atoms. The van der Waals surface area contributed by atoms with Gasteiger partial charge in [-0.1, -0.05) is 18.5 Å². The Labute approximate surface area is 154 Å². The predicted octanol–water partition coefficient (Wildman–Crippen LogP) is 3.90. The highest BCUT2D eigenvalue weighted by Gasteiger charge is 2.29. The van der Waals surface area contributed by atoms with Gasteiger partial charge < -0.3 is 15.4 Å². The maximum absolute atomic E-state index is 12.6. The summed E-state index contributed by atoms with van der Waals surface area (Å²) in [5, 5.41) is 6.93. The summed E-state index contributed by atoms with van der Waals surface area (Å²) in [7, 11) is 1.50. The zero-order chi connectivity index (χ0) is 18.1. The van der Waals surface area contributed by atoms with Crippen LogP contribution in [0.15, 0.2) is 0 Å². The van der Waals surface area contributed by atoms with Crippen molar-refractivity contribution in [1.29, 1.82) is 0 Å². The molecule has 0 saturated heterocycles. The van der Waals surface area contributed by atoms with Gasteiger partial charge >= 0.3 is 0 Å². The number of nitrogens with one attached hydrogen (secondary N) is 2. The SMILES string of the molecule is CCCC(=O)Nc1c(C(=O)NC2CC2)sc2nc(OC)c(Cl)c(C)c12. The third-order valence-corrected chi connectivity index (χ3v) is 5.57. The van der Waals surface area contributed by atoms with Gasteiger partial charge in [-0.25, -0.2) is 4.98 Å². The summed E-state index contributed by atoms with van der Waals surface area (Å²) >= 11 is 7.57. The minimum Gasteiger partial charge on any atom is -0.480 e. The topological polar surface area (TPSA) is 80.3 Å². The van der Waals surface area contributed by atoms with E-state index in [1.165, 1.54) is 18.4 Å². The molecular weight excluding hydrogens is 362 g/mol. The molecule has 8 heteroatoms. The summed E-state index contributed by atoms with van der Waals surface area (Å²) in [6, 6.07) is 0.226. The van der Waals surface area contributed by atoms with E-state index in [4.69, 9.17) is 16.3 Å². The number of thiophene rings is 1. The van der Waals surface area contributed by atoms with Crippen LogP contribution in [0.2, 0.25) is 5.02 Å². The number of hydrogen-bond donors (Lipinski definition) is 2. The van der Waals surface area contributed by atoms with E-state index < -0.39 is 0 Å². The zero-order valence-corrected chi connectivity index (χ0v) is 15.9. The average Bonchev–Trinajstić information content (AvgIpc) is 3.31. The van der Waals surface area contributed by atoms with Crippen molar-refractivity contribution in [1.82, 2.24) is 10.3 Å². The summed E-state index contributed by atoms with van der Waals surface area (Å²) in [5.41, 5.74) is 1.23. The van der Waals surface area contributed by atoms with Crippen LogP contribution in [0.3, 0.4) is 0 Å². The molecule has 2 N–H and O–H groups in total. The summed E-state index contributed by atoms with van der Waals surface area (Å²) < 4.78 is 5.21. The lowest BCUT2D eigenvalue weighted by atomic mass is 10.1. The highest BCUT2D eigenvalue weighted by Crippen LogP contribution is 2.42. The fourth-order valence-corrected chi connectivity index (χ4v) is 3.88. The number of hydrogen-bond acceptors (Lipinski definition) is 5. The second-order valence-corrected chi connectivity index (χ2v) is 7.47.